The smallest absolute Gasteiger partial charge is 0.282 e. The Balaban J connectivity index is 1.72. The second-order valence-corrected chi connectivity index (χ2v) is 4.16. The molecule has 2 rings (SSSR count). The molecule has 1 heterocycles. The fourth-order valence-electron chi connectivity index (χ4n) is 2.35. The van der Waals surface area contributed by atoms with Crippen molar-refractivity contribution < 1.29 is 4.74 Å². The summed E-state index contributed by atoms with van der Waals surface area (Å²) in [5.41, 5.74) is 5.46. The van der Waals surface area contributed by atoms with Crippen molar-refractivity contribution in [2.24, 2.45) is 16.6 Å². The molecule has 0 aromatic carbocycles. The third-order valence-corrected chi connectivity index (χ3v) is 3.06. The summed E-state index contributed by atoms with van der Waals surface area (Å²) in [4.78, 5) is 4.06. The second kappa shape index (κ2) is 3.99. The molecule has 1 saturated carbocycles. The van der Waals surface area contributed by atoms with Gasteiger partial charge in [0.2, 0.25) is 0 Å². The van der Waals surface area contributed by atoms with Crippen LogP contribution in [0.4, 0.5) is 0 Å². The lowest BCUT2D eigenvalue weighted by atomic mass is 9.85. The van der Waals surface area contributed by atoms with Crippen molar-refractivity contribution in [2.75, 3.05) is 6.54 Å². The molecule has 3 heteroatoms. The van der Waals surface area contributed by atoms with E-state index < -0.39 is 0 Å². The van der Waals surface area contributed by atoms with E-state index in [1.165, 1.54) is 32.1 Å². The molecule has 3 nitrogen and oxygen atoms in total. The number of nitrogens with zero attached hydrogens (tertiary/aromatic N) is 1. The first-order valence-corrected chi connectivity index (χ1v) is 5.31. The van der Waals surface area contributed by atoms with E-state index in [2.05, 4.69) is 4.99 Å². The molecule has 74 valence electrons. The maximum absolute atomic E-state index is 5.46. The predicted octanol–water partition coefficient (Wildman–Crippen LogP) is 1.67. The summed E-state index contributed by atoms with van der Waals surface area (Å²) in [6.07, 6.45) is 8.40. The molecule has 0 aromatic heterocycles. The molecule has 1 aliphatic heterocycles. The van der Waals surface area contributed by atoms with Crippen LogP contribution in [0.25, 0.3) is 0 Å². The summed E-state index contributed by atoms with van der Waals surface area (Å²) < 4.78 is 5.39. The normalized spacial score (nSPS) is 29.8. The number of amidine groups is 1. The first kappa shape index (κ1) is 8.85. The number of rotatable bonds is 2. The largest absolute Gasteiger partial charge is 0.460 e. The van der Waals surface area contributed by atoms with E-state index >= 15 is 0 Å². The Labute approximate surface area is 79.4 Å². The second-order valence-electron chi connectivity index (χ2n) is 4.16. The maximum atomic E-state index is 5.46. The van der Waals surface area contributed by atoms with Crippen LogP contribution >= 0.6 is 0 Å². The number of hydrogen-bond donors (Lipinski definition) is 1. The third kappa shape index (κ3) is 2.36. The van der Waals surface area contributed by atoms with Crippen LogP contribution in [0.3, 0.4) is 0 Å². The van der Waals surface area contributed by atoms with Crippen LogP contribution in [0.5, 0.6) is 0 Å². The van der Waals surface area contributed by atoms with Gasteiger partial charge >= 0.3 is 0 Å². The minimum absolute atomic E-state index is 0.281. The predicted molar refractivity (Wildman–Crippen MR) is 52.6 cm³/mol. The van der Waals surface area contributed by atoms with E-state index in [0.29, 0.717) is 6.02 Å². The average Bonchev–Trinajstić information content (AvgIpc) is 2.53. The van der Waals surface area contributed by atoms with Crippen LogP contribution in [0.15, 0.2) is 4.99 Å². The van der Waals surface area contributed by atoms with Gasteiger partial charge in [0.1, 0.15) is 6.10 Å². The van der Waals surface area contributed by atoms with Crippen LogP contribution in [0.2, 0.25) is 0 Å². The molecular formula is C10H18N2O. The minimum atomic E-state index is 0.281. The van der Waals surface area contributed by atoms with Crippen molar-refractivity contribution in [3.8, 4) is 0 Å². The van der Waals surface area contributed by atoms with E-state index in [1.807, 2.05) is 0 Å². The molecule has 0 spiro atoms. The molecule has 1 fully saturated rings. The lowest BCUT2D eigenvalue weighted by Crippen LogP contribution is -2.22. The van der Waals surface area contributed by atoms with Gasteiger partial charge in [-0.1, -0.05) is 32.1 Å². The van der Waals surface area contributed by atoms with Gasteiger partial charge in [-0.2, -0.15) is 0 Å². The van der Waals surface area contributed by atoms with Crippen LogP contribution in [-0.4, -0.2) is 18.7 Å². The zero-order valence-electron chi connectivity index (χ0n) is 8.04. The van der Waals surface area contributed by atoms with Crippen molar-refractivity contribution in [3.05, 3.63) is 0 Å². The van der Waals surface area contributed by atoms with Gasteiger partial charge in [-0.3, -0.25) is 0 Å². The lowest BCUT2D eigenvalue weighted by molar-refractivity contribution is 0.167. The zero-order chi connectivity index (χ0) is 9.10. The average molecular weight is 182 g/mol. The number of ether oxygens (including phenoxy) is 1. The van der Waals surface area contributed by atoms with Gasteiger partial charge in [-0.25, -0.2) is 4.99 Å². The molecule has 2 aliphatic rings. The molecule has 0 aromatic rings. The van der Waals surface area contributed by atoms with Gasteiger partial charge in [0, 0.05) is 0 Å². The van der Waals surface area contributed by atoms with E-state index in [0.717, 1.165) is 18.9 Å². The molecule has 13 heavy (non-hydrogen) atoms. The topological polar surface area (TPSA) is 47.6 Å². The fourth-order valence-corrected chi connectivity index (χ4v) is 2.35. The molecule has 1 aliphatic carbocycles. The van der Waals surface area contributed by atoms with E-state index in [4.69, 9.17) is 10.5 Å². The molecule has 0 amide bonds. The first-order valence-electron chi connectivity index (χ1n) is 5.31. The van der Waals surface area contributed by atoms with E-state index in [-0.39, 0.29) is 6.10 Å². The maximum Gasteiger partial charge on any atom is 0.282 e. The lowest BCUT2D eigenvalue weighted by Gasteiger charge is -2.23. The summed E-state index contributed by atoms with van der Waals surface area (Å²) in [5, 5.41) is 0. The van der Waals surface area contributed by atoms with Crippen molar-refractivity contribution in [1.82, 2.24) is 0 Å². The highest BCUT2D eigenvalue weighted by Gasteiger charge is 2.23. The highest BCUT2D eigenvalue weighted by atomic mass is 16.5. The molecule has 0 saturated heterocycles. The van der Waals surface area contributed by atoms with Gasteiger partial charge < -0.3 is 10.5 Å². The summed E-state index contributed by atoms with van der Waals surface area (Å²) in [5.74, 6) is 0.861. The SMILES string of the molecule is NC1=NCC(CC2CCCCC2)O1. The van der Waals surface area contributed by atoms with Gasteiger partial charge in [-0.05, 0) is 12.3 Å². The highest BCUT2D eigenvalue weighted by molar-refractivity contribution is 5.72. The van der Waals surface area contributed by atoms with Crippen molar-refractivity contribution in [1.29, 1.82) is 0 Å². The molecule has 1 atom stereocenters. The van der Waals surface area contributed by atoms with Crippen LogP contribution < -0.4 is 5.73 Å². The van der Waals surface area contributed by atoms with Crippen LogP contribution in [0.1, 0.15) is 38.5 Å². The van der Waals surface area contributed by atoms with Gasteiger partial charge in [0.25, 0.3) is 6.02 Å². The first-order chi connectivity index (χ1) is 6.34. The van der Waals surface area contributed by atoms with Crippen LogP contribution in [0, 0.1) is 5.92 Å². The summed E-state index contributed by atoms with van der Waals surface area (Å²) in [6, 6.07) is 0.390. The highest BCUT2D eigenvalue weighted by Crippen LogP contribution is 2.28. The Bertz CT molecular complexity index is 197. The molecule has 1 unspecified atom stereocenters. The third-order valence-electron chi connectivity index (χ3n) is 3.06. The monoisotopic (exact) mass is 182 g/mol. The fraction of sp³-hybridized carbons (Fsp3) is 0.900. The Morgan fingerprint density at radius 3 is 2.69 bits per heavy atom. The molecular weight excluding hydrogens is 164 g/mol. The molecule has 0 radical (unpaired) electrons. The van der Waals surface area contributed by atoms with Crippen LogP contribution in [-0.2, 0) is 4.74 Å². The van der Waals surface area contributed by atoms with Gasteiger partial charge in [0.05, 0.1) is 6.54 Å². The van der Waals surface area contributed by atoms with E-state index in [1.54, 1.807) is 0 Å². The number of aliphatic imine (C=N–C) groups is 1. The zero-order valence-corrected chi connectivity index (χ0v) is 8.04. The molecule has 2 N–H and O–H groups in total. The molecule has 0 bridgehead atoms. The summed E-state index contributed by atoms with van der Waals surface area (Å²) >= 11 is 0. The standard InChI is InChI=1S/C10H18N2O/c11-10-12-7-9(13-10)6-8-4-2-1-3-5-8/h8-9H,1-7H2,(H2,11,12). The quantitative estimate of drug-likeness (QED) is 0.706. The summed E-state index contributed by atoms with van der Waals surface area (Å²) in [7, 11) is 0. The minimum Gasteiger partial charge on any atom is -0.460 e. The van der Waals surface area contributed by atoms with Crippen molar-refractivity contribution in [3.63, 3.8) is 0 Å². The Morgan fingerprint density at radius 1 is 1.31 bits per heavy atom. The Morgan fingerprint density at radius 2 is 2.08 bits per heavy atom. The Kier molecular flexibility index (Phi) is 2.71. The summed E-state index contributed by atoms with van der Waals surface area (Å²) in [6.45, 7) is 0.780. The van der Waals surface area contributed by atoms with Gasteiger partial charge in [-0.15, -0.1) is 0 Å². The number of nitrogens with two attached hydrogens (primary N) is 1. The van der Waals surface area contributed by atoms with Gasteiger partial charge in [0.15, 0.2) is 0 Å². The van der Waals surface area contributed by atoms with Crippen molar-refractivity contribution in [2.45, 2.75) is 44.6 Å². The van der Waals surface area contributed by atoms with Crippen molar-refractivity contribution >= 4 is 6.02 Å². The van der Waals surface area contributed by atoms with E-state index in [9.17, 15) is 0 Å². The number of hydrogen-bond acceptors (Lipinski definition) is 3. The Hall–Kier alpha value is -0.730.